The predicted octanol–water partition coefficient (Wildman–Crippen LogP) is 4.91. The van der Waals surface area contributed by atoms with Crippen LogP contribution in [0.25, 0.3) is 12.2 Å². The topological polar surface area (TPSA) is 77.4 Å². The molecular formula is C35H36N2O4S. The van der Waals surface area contributed by atoms with Crippen molar-refractivity contribution in [3.8, 4) is 5.75 Å². The molecule has 0 saturated heterocycles. The van der Waals surface area contributed by atoms with E-state index in [9.17, 15) is 14.4 Å². The van der Waals surface area contributed by atoms with Crippen molar-refractivity contribution in [3.63, 3.8) is 0 Å². The van der Waals surface area contributed by atoms with E-state index in [1.54, 1.807) is 6.08 Å². The van der Waals surface area contributed by atoms with Gasteiger partial charge in [-0.3, -0.25) is 19.0 Å². The summed E-state index contributed by atoms with van der Waals surface area (Å²) in [5, 5.41) is 3.13. The van der Waals surface area contributed by atoms with Crippen molar-refractivity contribution in [1.82, 2.24) is 9.88 Å². The lowest BCUT2D eigenvalue weighted by Crippen LogP contribution is -2.40. The number of hydrogen-bond acceptors (Lipinski definition) is 5. The molecule has 1 amide bonds. The van der Waals surface area contributed by atoms with Crippen LogP contribution in [0.2, 0.25) is 0 Å². The number of benzene rings is 3. The molecule has 1 atom stereocenters. The first kappa shape index (κ1) is 29.3. The van der Waals surface area contributed by atoms with Gasteiger partial charge in [-0.15, -0.1) is 11.3 Å². The maximum absolute atomic E-state index is 13.6. The Labute approximate surface area is 250 Å². The van der Waals surface area contributed by atoms with Crippen LogP contribution in [0.1, 0.15) is 61.9 Å². The second kappa shape index (κ2) is 12.7. The summed E-state index contributed by atoms with van der Waals surface area (Å²) in [5.74, 6) is 0.372. The van der Waals surface area contributed by atoms with Crippen molar-refractivity contribution in [2.75, 3.05) is 0 Å². The van der Waals surface area contributed by atoms with Gasteiger partial charge in [0.15, 0.2) is 5.78 Å². The maximum atomic E-state index is 13.6. The lowest BCUT2D eigenvalue weighted by atomic mass is 9.88. The summed E-state index contributed by atoms with van der Waals surface area (Å²) in [6.45, 7) is 5.82. The molecule has 0 bridgehead atoms. The van der Waals surface area contributed by atoms with Gasteiger partial charge < -0.3 is 10.1 Å². The Bertz CT molecular complexity index is 1750. The lowest BCUT2D eigenvalue weighted by molar-refractivity contribution is -0.123. The zero-order valence-electron chi connectivity index (χ0n) is 24.3. The van der Waals surface area contributed by atoms with Crippen LogP contribution in [0.3, 0.4) is 0 Å². The van der Waals surface area contributed by atoms with Crippen LogP contribution < -0.4 is 24.8 Å². The first-order valence-electron chi connectivity index (χ1n) is 14.3. The Balaban J connectivity index is 1.40. The molecule has 6 nitrogen and oxygen atoms in total. The lowest BCUT2D eigenvalue weighted by Gasteiger charge is -2.26. The van der Waals surface area contributed by atoms with Gasteiger partial charge in [-0.2, -0.15) is 0 Å². The van der Waals surface area contributed by atoms with Gasteiger partial charge >= 0.3 is 0 Å². The van der Waals surface area contributed by atoms with E-state index in [1.165, 1.54) is 27.5 Å². The van der Waals surface area contributed by atoms with Crippen LogP contribution in [0.4, 0.5) is 0 Å². The van der Waals surface area contributed by atoms with Crippen molar-refractivity contribution in [2.45, 2.75) is 59.2 Å². The minimum atomic E-state index is -0.613. The first-order chi connectivity index (χ1) is 20.2. The van der Waals surface area contributed by atoms with E-state index in [0.29, 0.717) is 15.8 Å². The van der Waals surface area contributed by atoms with Gasteiger partial charge in [-0.05, 0) is 59.7 Å². The van der Waals surface area contributed by atoms with Crippen molar-refractivity contribution >= 4 is 35.2 Å². The van der Waals surface area contributed by atoms with E-state index in [0.717, 1.165) is 41.7 Å². The van der Waals surface area contributed by atoms with E-state index >= 15 is 0 Å². The second-order valence-electron chi connectivity index (χ2n) is 11.7. The minimum Gasteiger partial charge on any atom is -0.489 e. The fourth-order valence-electron chi connectivity index (χ4n) is 4.96. The van der Waals surface area contributed by atoms with Gasteiger partial charge in [-0.25, -0.2) is 0 Å². The summed E-state index contributed by atoms with van der Waals surface area (Å²) in [4.78, 5) is 39.8. The van der Waals surface area contributed by atoms with E-state index < -0.39 is 5.41 Å². The number of ether oxygens (including phenoxy) is 1. The van der Waals surface area contributed by atoms with Gasteiger partial charge in [0.1, 0.15) is 23.6 Å². The second-order valence-corrected chi connectivity index (χ2v) is 12.7. The molecule has 1 unspecified atom stereocenters. The number of hydrogen-bond donors (Lipinski definition) is 1. The number of aryl methyl sites for hydroxylation is 1. The number of nitrogens with one attached hydrogen (secondary N) is 1. The normalized spacial score (nSPS) is 15.7. The highest BCUT2D eigenvalue weighted by molar-refractivity contribution is 7.07. The average Bonchev–Trinajstić information content (AvgIpc) is 3.25. The number of amides is 1. The third kappa shape index (κ3) is 7.15. The fourth-order valence-corrected chi connectivity index (χ4v) is 6.00. The van der Waals surface area contributed by atoms with Crippen LogP contribution in [0, 0.1) is 5.41 Å². The number of Topliss-reactive ketones (excluding diaryl/α,β-unsaturated/α-hetero) is 1. The number of ketones is 1. The highest BCUT2D eigenvalue weighted by atomic mass is 32.1. The van der Waals surface area contributed by atoms with Crippen LogP contribution in [-0.2, 0) is 29.2 Å². The van der Waals surface area contributed by atoms with Gasteiger partial charge in [0.2, 0.25) is 5.91 Å². The standard InChI is InChI=1S/C35H36N2O4S/c1-35(2,3)31(38)21-33-37(22-32(39)36-29-15-9-13-26-12-7-8-14-28(26)29)34(40)30(42-33)20-24-16-18-27(19-17-24)41-23-25-10-5-4-6-11-25/h4-8,10-12,14,16-21,29H,9,13,15,22-23H2,1-3H3,(H,36,39)/b30-20-,33-21+. The minimum absolute atomic E-state index is 0.0888. The summed E-state index contributed by atoms with van der Waals surface area (Å²) < 4.78 is 8.22. The summed E-state index contributed by atoms with van der Waals surface area (Å²) in [6, 6.07) is 25.5. The zero-order chi connectivity index (χ0) is 29.7. The van der Waals surface area contributed by atoms with Gasteiger partial charge in [0, 0.05) is 11.5 Å². The third-order valence-electron chi connectivity index (χ3n) is 7.36. The number of nitrogens with zero attached hydrogens (tertiary/aromatic N) is 1. The van der Waals surface area contributed by atoms with Crippen molar-refractivity contribution in [2.24, 2.45) is 5.41 Å². The smallest absolute Gasteiger partial charge is 0.269 e. The molecule has 4 aromatic rings. The Hall–Kier alpha value is -4.23. The Morgan fingerprint density at radius 3 is 2.45 bits per heavy atom. The van der Waals surface area contributed by atoms with E-state index in [4.69, 9.17) is 4.74 Å². The van der Waals surface area contributed by atoms with Gasteiger partial charge in [0.05, 0.1) is 10.6 Å². The number of carbonyl (C=O) groups excluding carboxylic acids is 2. The first-order valence-corrected chi connectivity index (χ1v) is 15.1. The molecule has 1 heterocycles. The monoisotopic (exact) mass is 580 g/mol. The van der Waals surface area contributed by atoms with Crippen LogP contribution in [-0.4, -0.2) is 16.3 Å². The molecule has 216 valence electrons. The molecule has 0 spiro atoms. The number of aromatic nitrogens is 1. The highest BCUT2D eigenvalue weighted by Gasteiger charge is 2.23. The average molecular weight is 581 g/mol. The van der Waals surface area contributed by atoms with E-state index in [2.05, 4.69) is 17.4 Å². The number of thiazole rings is 1. The molecular weight excluding hydrogens is 544 g/mol. The quantitative estimate of drug-likeness (QED) is 0.322. The Morgan fingerprint density at radius 1 is 1.00 bits per heavy atom. The maximum Gasteiger partial charge on any atom is 0.269 e. The van der Waals surface area contributed by atoms with Crippen LogP contribution in [0.5, 0.6) is 5.75 Å². The largest absolute Gasteiger partial charge is 0.489 e. The van der Waals surface area contributed by atoms with E-state index in [1.807, 2.05) is 87.5 Å². The number of fused-ring (bicyclic) bond motifs is 1. The Kier molecular flexibility index (Phi) is 8.88. The molecule has 3 aromatic carbocycles. The van der Waals surface area contributed by atoms with Gasteiger partial charge in [0.25, 0.3) is 5.56 Å². The van der Waals surface area contributed by atoms with Gasteiger partial charge in [-0.1, -0.05) is 87.5 Å². The summed E-state index contributed by atoms with van der Waals surface area (Å²) in [7, 11) is 0. The van der Waals surface area contributed by atoms with Crippen molar-refractivity contribution in [1.29, 1.82) is 0 Å². The SMILES string of the molecule is CC(C)(C)C(=O)/C=c1/s/c(=C\c2ccc(OCc3ccccc3)cc2)c(=O)n1CC(=O)NC1CCCc2ccccc21. The molecule has 0 fully saturated rings. The Morgan fingerprint density at radius 2 is 1.71 bits per heavy atom. The highest BCUT2D eigenvalue weighted by Crippen LogP contribution is 2.29. The molecule has 0 saturated carbocycles. The molecule has 0 aliphatic heterocycles. The molecule has 0 radical (unpaired) electrons. The summed E-state index contributed by atoms with van der Waals surface area (Å²) >= 11 is 1.22. The zero-order valence-corrected chi connectivity index (χ0v) is 25.1. The summed E-state index contributed by atoms with van der Waals surface area (Å²) in [6.07, 6.45) is 6.13. The predicted molar refractivity (Wildman–Crippen MR) is 168 cm³/mol. The molecule has 1 aliphatic rings. The van der Waals surface area contributed by atoms with Crippen LogP contribution in [0.15, 0.2) is 83.7 Å². The molecule has 1 aromatic heterocycles. The van der Waals surface area contributed by atoms with E-state index in [-0.39, 0.29) is 29.8 Å². The fraction of sp³-hybridized carbons (Fsp3) is 0.286. The molecule has 1 N–H and O–H groups in total. The molecule has 1 aliphatic carbocycles. The molecule has 42 heavy (non-hydrogen) atoms. The van der Waals surface area contributed by atoms with Crippen molar-refractivity contribution < 1.29 is 14.3 Å². The number of carbonyl (C=O) groups is 2. The third-order valence-corrected chi connectivity index (χ3v) is 8.42. The van der Waals surface area contributed by atoms with Crippen molar-refractivity contribution in [3.05, 3.63) is 121 Å². The van der Waals surface area contributed by atoms with Crippen LogP contribution >= 0.6 is 11.3 Å². The molecule has 7 heteroatoms. The molecule has 5 rings (SSSR count). The number of rotatable bonds is 8. The summed E-state index contributed by atoms with van der Waals surface area (Å²) in [5.41, 5.74) is 3.38.